The van der Waals surface area contributed by atoms with Crippen molar-refractivity contribution in [1.29, 1.82) is 0 Å². The maximum absolute atomic E-state index is 12.7. The minimum Gasteiger partial charge on any atom is -0.478 e. The number of amides is 2. The van der Waals surface area contributed by atoms with Gasteiger partial charge in [-0.2, -0.15) is 0 Å². The summed E-state index contributed by atoms with van der Waals surface area (Å²) >= 11 is 6.09. The predicted octanol–water partition coefficient (Wildman–Crippen LogP) is 5.29. The molecule has 2 amide bonds. The molecule has 4 rings (SSSR count). The van der Waals surface area contributed by atoms with Crippen molar-refractivity contribution in [3.63, 3.8) is 0 Å². The van der Waals surface area contributed by atoms with E-state index >= 15 is 0 Å². The molecule has 174 valence electrons. The van der Waals surface area contributed by atoms with Gasteiger partial charge in [0.2, 0.25) is 5.91 Å². The zero-order chi connectivity index (χ0) is 24.2. The minimum absolute atomic E-state index is 0.00630. The van der Waals surface area contributed by atoms with Crippen LogP contribution in [0.4, 0.5) is 10.5 Å². The number of carboxylic acid groups (broad SMARTS) is 1. The monoisotopic (exact) mass is 478 g/mol. The number of carboxylic acids is 1. The number of carbonyl (C=O) groups excluding carboxylic acids is 2. The highest BCUT2D eigenvalue weighted by molar-refractivity contribution is 6.34. The summed E-state index contributed by atoms with van der Waals surface area (Å²) in [6.07, 6.45) is -0.378. The molecule has 8 heteroatoms. The van der Waals surface area contributed by atoms with Crippen LogP contribution in [0.2, 0.25) is 5.02 Å². The highest BCUT2D eigenvalue weighted by Crippen LogP contribution is 2.44. The average Bonchev–Trinajstić information content (AvgIpc) is 3.16. The number of benzene rings is 3. The summed E-state index contributed by atoms with van der Waals surface area (Å²) in [5, 5.41) is 14.3. The number of alkyl carbamates (subject to hydrolysis) is 1. The maximum Gasteiger partial charge on any atom is 0.407 e. The van der Waals surface area contributed by atoms with Crippen LogP contribution in [0, 0.1) is 0 Å². The summed E-state index contributed by atoms with van der Waals surface area (Å²) in [7, 11) is 0. The smallest absolute Gasteiger partial charge is 0.407 e. The average molecular weight is 479 g/mol. The van der Waals surface area contributed by atoms with E-state index in [-0.39, 0.29) is 28.8 Å². The fraction of sp³-hybridized carbons (Fsp3) is 0.192. The van der Waals surface area contributed by atoms with Crippen molar-refractivity contribution in [1.82, 2.24) is 5.32 Å². The normalized spacial score (nSPS) is 12.9. The van der Waals surface area contributed by atoms with Crippen molar-refractivity contribution in [2.75, 3.05) is 11.9 Å². The summed E-state index contributed by atoms with van der Waals surface area (Å²) in [4.78, 5) is 36.3. The van der Waals surface area contributed by atoms with E-state index in [1.165, 1.54) is 18.2 Å². The number of rotatable bonds is 7. The van der Waals surface area contributed by atoms with E-state index in [1.807, 2.05) is 36.4 Å². The van der Waals surface area contributed by atoms with Crippen LogP contribution in [0.15, 0.2) is 66.7 Å². The fourth-order valence-corrected chi connectivity index (χ4v) is 4.33. The van der Waals surface area contributed by atoms with Crippen molar-refractivity contribution in [2.24, 2.45) is 0 Å². The lowest BCUT2D eigenvalue weighted by Gasteiger charge is -2.19. The van der Waals surface area contributed by atoms with Crippen LogP contribution in [0.5, 0.6) is 0 Å². The number of aromatic carboxylic acids is 1. The first-order valence-corrected chi connectivity index (χ1v) is 11.2. The number of anilines is 1. The summed E-state index contributed by atoms with van der Waals surface area (Å²) < 4.78 is 5.52. The Labute approximate surface area is 201 Å². The second kappa shape index (κ2) is 9.97. The van der Waals surface area contributed by atoms with Gasteiger partial charge in [-0.25, -0.2) is 9.59 Å². The lowest BCUT2D eigenvalue weighted by molar-refractivity contribution is -0.118. The SMILES string of the molecule is CC[C@H](NC(=O)OCC1c2ccccc2-c2ccccc21)C(=O)Nc1ccc(C(=O)O)cc1Cl. The molecule has 34 heavy (non-hydrogen) atoms. The summed E-state index contributed by atoms with van der Waals surface area (Å²) in [5.41, 5.74) is 4.71. The lowest BCUT2D eigenvalue weighted by Crippen LogP contribution is -2.43. The van der Waals surface area contributed by atoms with Crippen LogP contribution >= 0.6 is 11.6 Å². The number of hydrogen-bond acceptors (Lipinski definition) is 4. The van der Waals surface area contributed by atoms with E-state index in [0.29, 0.717) is 6.42 Å². The molecular weight excluding hydrogens is 456 g/mol. The van der Waals surface area contributed by atoms with Crippen LogP contribution in [0.25, 0.3) is 11.1 Å². The molecule has 0 saturated heterocycles. The quantitative estimate of drug-likeness (QED) is 0.427. The van der Waals surface area contributed by atoms with Crippen LogP contribution < -0.4 is 10.6 Å². The van der Waals surface area contributed by atoms with Crippen molar-refractivity contribution >= 4 is 35.3 Å². The molecule has 3 aromatic rings. The molecule has 0 spiro atoms. The zero-order valence-electron chi connectivity index (χ0n) is 18.4. The van der Waals surface area contributed by atoms with Gasteiger partial charge in [-0.15, -0.1) is 0 Å². The lowest BCUT2D eigenvalue weighted by atomic mass is 9.98. The number of halogens is 1. The summed E-state index contributed by atoms with van der Waals surface area (Å²) in [6.45, 7) is 1.89. The van der Waals surface area contributed by atoms with Crippen molar-refractivity contribution in [2.45, 2.75) is 25.3 Å². The van der Waals surface area contributed by atoms with Gasteiger partial charge in [-0.05, 0) is 46.9 Å². The van der Waals surface area contributed by atoms with E-state index in [2.05, 4.69) is 22.8 Å². The Hall–Kier alpha value is -3.84. The number of fused-ring (bicyclic) bond motifs is 3. The van der Waals surface area contributed by atoms with Gasteiger partial charge in [-0.1, -0.05) is 67.1 Å². The molecule has 0 unspecified atom stereocenters. The van der Waals surface area contributed by atoms with Gasteiger partial charge in [-0.3, -0.25) is 4.79 Å². The third-order valence-corrected chi connectivity index (χ3v) is 6.15. The van der Waals surface area contributed by atoms with Crippen molar-refractivity contribution in [3.8, 4) is 11.1 Å². The molecule has 0 radical (unpaired) electrons. The first-order valence-electron chi connectivity index (χ1n) is 10.8. The third kappa shape index (κ3) is 4.75. The number of nitrogens with one attached hydrogen (secondary N) is 2. The summed E-state index contributed by atoms with van der Waals surface area (Å²) in [6, 6.07) is 19.2. The van der Waals surface area contributed by atoms with Crippen LogP contribution in [-0.2, 0) is 9.53 Å². The predicted molar refractivity (Wildman–Crippen MR) is 129 cm³/mol. The standard InChI is InChI=1S/C26H23ClN2O5/c1-2-22(24(30)28-23-12-11-15(25(31)32)13-21(23)27)29-26(33)34-14-20-18-9-5-3-7-16(18)17-8-4-6-10-19(17)20/h3-13,20,22H,2,14H2,1H3,(H,28,30)(H,29,33)(H,31,32)/t22-/m0/s1. The maximum atomic E-state index is 12.7. The van der Waals surface area contributed by atoms with Crippen molar-refractivity contribution in [3.05, 3.63) is 88.4 Å². The van der Waals surface area contributed by atoms with Gasteiger partial charge in [0.1, 0.15) is 12.6 Å². The number of carbonyl (C=O) groups is 3. The fourth-order valence-electron chi connectivity index (χ4n) is 4.10. The van der Waals surface area contributed by atoms with Crippen LogP contribution in [-0.4, -0.2) is 35.7 Å². The molecule has 0 heterocycles. The van der Waals surface area contributed by atoms with Crippen LogP contribution in [0.1, 0.15) is 40.7 Å². The van der Waals surface area contributed by atoms with Gasteiger partial charge in [0.15, 0.2) is 0 Å². The Bertz CT molecular complexity index is 1210. The minimum atomic E-state index is -1.12. The van der Waals surface area contributed by atoms with Gasteiger partial charge in [0.05, 0.1) is 16.3 Å². The van der Waals surface area contributed by atoms with E-state index in [4.69, 9.17) is 21.4 Å². The van der Waals surface area contributed by atoms with Gasteiger partial charge >= 0.3 is 12.1 Å². The Morgan fingerprint density at radius 3 is 2.18 bits per heavy atom. The topological polar surface area (TPSA) is 105 Å². The highest BCUT2D eigenvalue weighted by atomic mass is 35.5. The Balaban J connectivity index is 1.39. The Morgan fingerprint density at radius 2 is 1.62 bits per heavy atom. The zero-order valence-corrected chi connectivity index (χ0v) is 19.1. The Kier molecular flexibility index (Phi) is 6.84. The molecule has 1 aliphatic carbocycles. The first kappa shape index (κ1) is 23.3. The molecule has 7 nitrogen and oxygen atoms in total. The molecule has 3 aromatic carbocycles. The Morgan fingerprint density at radius 1 is 1.00 bits per heavy atom. The highest BCUT2D eigenvalue weighted by Gasteiger charge is 2.29. The first-order chi connectivity index (χ1) is 16.4. The second-order valence-electron chi connectivity index (χ2n) is 7.92. The van der Waals surface area contributed by atoms with E-state index in [9.17, 15) is 14.4 Å². The second-order valence-corrected chi connectivity index (χ2v) is 8.33. The molecule has 0 aromatic heterocycles. The number of ether oxygens (including phenoxy) is 1. The third-order valence-electron chi connectivity index (χ3n) is 5.83. The molecule has 1 atom stereocenters. The van der Waals surface area contributed by atoms with E-state index in [1.54, 1.807) is 6.92 Å². The molecule has 0 aliphatic heterocycles. The summed E-state index contributed by atoms with van der Waals surface area (Å²) in [5.74, 6) is -1.69. The largest absolute Gasteiger partial charge is 0.478 e. The molecule has 0 saturated carbocycles. The van der Waals surface area contributed by atoms with E-state index < -0.39 is 24.0 Å². The van der Waals surface area contributed by atoms with Gasteiger partial charge in [0.25, 0.3) is 0 Å². The molecule has 0 bridgehead atoms. The molecular formula is C26H23ClN2O5. The van der Waals surface area contributed by atoms with Crippen LogP contribution in [0.3, 0.4) is 0 Å². The van der Waals surface area contributed by atoms with Gasteiger partial charge < -0.3 is 20.5 Å². The molecule has 1 aliphatic rings. The van der Waals surface area contributed by atoms with E-state index in [0.717, 1.165) is 22.3 Å². The van der Waals surface area contributed by atoms with Crippen molar-refractivity contribution < 1.29 is 24.2 Å². The number of hydrogen-bond donors (Lipinski definition) is 3. The molecule has 3 N–H and O–H groups in total. The van der Waals surface area contributed by atoms with Gasteiger partial charge in [0, 0.05) is 5.92 Å². The molecule has 0 fully saturated rings.